The SMILES string of the molecule is CC(C)NCc1ncc(-c2ccc(F)cc2)o1. The molecule has 0 aliphatic rings. The summed E-state index contributed by atoms with van der Waals surface area (Å²) in [6.45, 7) is 4.71. The van der Waals surface area contributed by atoms with Crippen LogP contribution in [0.3, 0.4) is 0 Å². The lowest BCUT2D eigenvalue weighted by Gasteiger charge is -2.04. The third-order valence-electron chi connectivity index (χ3n) is 2.34. The maximum absolute atomic E-state index is 12.8. The van der Waals surface area contributed by atoms with E-state index in [1.807, 2.05) is 0 Å². The third-order valence-corrected chi connectivity index (χ3v) is 2.34. The van der Waals surface area contributed by atoms with Crippen LogP contribution in [-0.4, -0.2) is 11.0 Å². The van der Waals surface area contributed by atoms with E-state index in [9.17, 15) is 4.39 Å². The number of halogens is 1. The molecule has 1 N–H and O–H groups in total. The molecule has 0 unspecified atom stereocenters. The molecule has 0 spiro atoms. The van der Waals surface area contributed by atoms with Crippen LogP contribution in [0.4, 0.5) is 4.39 Å². The number of oxazole rings is 1. The van der Waals surface area contributed by atoms with Crippen molar-refractivity contribution < 1.29 is 8.81 Å². The van der Waals surface area contributed by atoms with E-state index in [-0.39, 0.29) is 5.82 Å². The predicted molar refractivity (Wildman–Crippen MR) is 63.9 cm³/mol. The van der Waals surface area contributed by atoms with Crippen molar-refractivity contribution in [1.29, 1.82) is 0 Å². The molecule has 1 aromatic heterocycles. The smallest absolute Gasteiger partial charge is 0.208 e. The van der Waals surface area contributed by atoms with E-state index < -0.39 is 0 Å². The molecule has 0 amide bonds. The summed E-state index contributed by atoms with van der Waals surface area (Å²) in [6.07, 6.45) is 1.66. The minimum atomic E-state index is -0.255. The number of aromatic nitrogens is 1. The van der Waals surface area contributed by atoms with Crippen molar-refractivity contribution >= 4 is 0 Å². The molecule has 0 atom stereocenters. The molecule has 0 bridgehead atoms. The van der Waals surface area contributed by atoms with E-state index in [4.69, 9.17) is 4.42 Å². The Morgan fingerprint density at radius 3 is 2.65 bits per heavy atom. The first-order valence-corrected chi connectivity index (χ1v) is 5.59. The van der Waals surface area contributed by atoms with Gasteiger partial charge in [-0.15, -0.1) is 0 Å². The quantitative estimate of drug-likeness (QED) is 0.883. The highest BCUT2D eigenvalue weighted by Gasteiger charge is 2.06. The average Bonchev–Trinajstić information content (AvgIpc) is 2.76. The monoisotopic (exact) mass is 234 g/mol. The standard InChI is InChI=1S/C13H15FN2O/c1-9(2)15-8-13-16-7-12(17-13)10-3-5-11(14)6-4-10/h3-7,9,15H,8H2,1-2H3. The van der Waals surface area contributed by atoms with Crippen LogP contribution in [-0.2, 0) is 6.54 Å². The average molecular weight is 234 g/mol. The van der Waals surface area contributed by atoms with Gasteiger partial charge in [-0.2, -0.15) is 0 Å². The molecule has 0 saturated heterocycles. The van der Waals surface area contributed by atoms with Crippen molar-refractivity contribution in [2.75, 3.05) is 0 Å². The summed E-state index contributed by atoms with van der Waals surface area (Å²) in [4.78, 5) is 4.16. The van der Waals surface area contributed by atoms with Gasteiger partial charge in [-0.3, -0.25) is 0 Å². The van der Waals surface area contributed by atoms with Crippen molar-refractivity contribution in [3.63, 3.8) is 0 Å². The molecule has 0 radical (unpaired) electrons. The van der Waals surface area contributed by atoms with Gasteiger partial charge < -0.3 is 9.73 Å². The Morgan fingerprint density at radius 2 is 2.00 bits per heavy atom. The van der Waals surface area contributed by atoms with Crippen molar-refractivity contribution in [2.45, 2.75) is 26.4 Å². The van der Waals surface area contributed by atoms with Gasteiger partial charge in [0.05, 0.1) is 12.7 Å². The Hall–Kier alpha value is -1.68. The van der Waals surface area contributed by atoms with E-state index in [0.29, 0.717) is 24.2 Å². The van der Waals surface area contributed by atoms with Crippen LogP contribution in [0.5, 0.6) is 0 Å². The zero-order valence-electron chi connectivity index (χ0n) is 9.90. The second-order valence-electron chi connectivity index (χ2n) is 4.16. The number of rotatable bonds is 4. The number of benzene rings is 1. The summed E-state index contributed by atoms with van der Waals surface area (Å²) < 4.78 is 18.3. The lowest BCUT2D eigenvalue weighted by molar-refractivity contribution is 0.459. The number of hydrogen-bond acceptors (Lipinski definition) is 3. The number of nitrogens with one attached hydrogen (secondary N) is 1. The third kappa shape index (κ3) is 3.14. The Kier molecular flexibility index (Phi) is 3.54. The lowest BCUT2D eigenvalue weighted by Crippen LogP contribution is -2.21. The van der Waals surface area contributed by atoms with Crippen LogP contribution in [0, 0.1) is 5.82 Å². The van der Waals surface area contributed by atoms with Crippen LogP contribution in [0.1, 0.15) is 19.7 Å². The Morgan fingerprint density at radius 1 is 1.29 bits per heavy atom. The normalized spacial score (nSPS) is 11.1. The molecule has 17 heavy (non-hydrogen) atoms. The van der Waals surface area contributed by atoms with Gasteiger partial charge in [-0.05, 0) is 24.3 Å². The van der Waals surface area contributed by atoms with Crippen molar-refractivity contribution in [1.82, 2.24) is 10.3 Å². The summed E-state index contributed by atoms with van der Waals surface area (Å²) in [5, 5.41) is 3.22. The van der Waals surface area contributed by atoms with Crippen LogP contribution < -0.4 is 5.32 Å². The molecule has 0 saturated carbocycles. The van der Waals surface area contributed by atoms with E-state index in [2.05, 4.69) is 24.1 Å². The zero-order valence-corrected chi connectivity index (χ0v) is 9.90. The Bertz CT molecular complexity index is 476. The highest BCUT2D eigenvalue weighted by atomic mass is 19.1. The summed E-state index contributed by atoms with van der Waals surface area (Å²) >= 11 is 0. The maximum atomic E-state index is 12.8. The van der Waals surface area contributed by atoms with Crippen molar-refractivity contribution in [2.24, 2.45) is 0 Å². The first-order valence-electron chi connectivity index (χ1n) is 5.59. The summed E-state index contributed by atoms with van der Waals surface area (Å²) in [7, 11) is 0. The fourth-order valence-electron chi connectivity index (χ4n) is 1.43. The molecule has 2 aromatic rings. The summed E-state index contributed by atoms with van der Waals surface area (Å²) in [5.41, 5.74) is 0.828. The molecule has 1 aromatic carbocycles. The van der Waals surface area contributed by atoms with Crippen molar-refractivity contribution in [3.8, 4) is 11.3 Å². The van der Waals surface area contributed by atoms with Crippen LogP contribution in [0.2, 0.25) is 0 Å². The van der Waals surface area contributed by atoms with Gasteiger partial charge in [0, 0.05) is 11.6 Å². The molecule has 0 aliphatic carbocycles. The van der Waals surface area contributed by atoms with E-state index in [1.54, 1.807) is 18.3 Å². The molecule has 2 rings (SSSR count). The van der Waals surface area contributed by atoms with Gasteiger partial charge >= 0.3 is 0 Å². The lowest BCUT2D eigenvalue weighted by atomic mass is 10.2. The van der Waals surface area contributed by atoms with Gasteiger partial charge in [0.25, 0.3) is 0 Å². The van der Waals surface area contributed by atoms with Gasteiger partial charge in [0.1, 0.15) is 5.82 Å². The first kappa shape index (κ1) is 11.8. The highest BCUT2D eigenvalue weighted by Crippen LogP contribution is 2.20. The number of nitrogens with zero attached hydrogens (tertiary/aromatic N) is 1. The fraction of sp³-hybridized carbons (Fsp3) is 0.308. The molecular weight excluding hydrogens is 219 g/mol. The minimum Gasteiger partial charge on any atom is -0.439 e. The van der Waals surface area contributed by atoms with E-state index >= 15 is 0 Å². The molecule has 90 valence electrons. The fourth-order valence-corrected chi connectivity index (χ4v) is 1.43. The summed E-state index contributed by atoms with van der Waals surface area (Å²) in [6, 6.07) is 6.55. The van der Waals surface area contributed by atoms with Gasteiger partial charge in [-0.25, -0.2) is 9.37 Å². The molecule has 0 aliphatic heterocycles. The second kappa shape index (κ2) is 5.10. The maximum Gasteiger partial charge on any atom is 0.208 e. The zero-order chi connectivity index (χ0) is 12.3. The topological polar surface area (TPSA) is 38.1 Å². The van der Waals surface area contributed by atoms with Crippen LogP contribution >= 0.6 is 0 Å². The predicted octanol–water partition coefficient (Wildman–Crippen LogP) is 2.98. The van der Waals surface area contributed by atoms with E-state index in [1.165, 1.54) is 12.1 Å². The van der Waals surface area contributed by atoms with Gasteiger partial charge in [0.2, 0.25) is 5.89 Å². The van der Waals surface area contributed by atoms with Crippen LogP contribution in [0.15, 0.2) is 34.9 Å². The minimum absolute atomic E-state index is 0.255. The molecular formula is C13H15FN2O. The largest absolute Gasteiger partial charge is 0.439 e. The van der Waals surface area contributed by atoms with Gasteiger partial charge in [0.15, 0.2) is 5.76 Å². The Labute approximate surface area is 99.7 Å². The van der Waals surface area contributed by atoms with Crippen LogP contribution in [0.25, 0.3) is 11.3 Å². The molecule has 3 nitrogen and oxygen atoms in total. The first-order chi connectivity index (χ1) is 8.15. The summed E-state index contributed by atoms with van der Waals surface area (Å²) in [5.74, 6) is 1.04. The Balaban J connectivity index is 2.10. The molecule has 1 heterocycles. The van der Waals surface area contributed by atoms with Crippen molar-refractivity contribution in [3.05, 3.63) is 42.2 Å². The highest BCUT2D eigenvalue weighted by molar-refractivity contribution is 5.55. The molecule has 0 fully saturated rings. The molecule has 4 heteroatoms. The van der Waals surface area contributed by atoms with E-state index in [0.717, 1.165) is 5.56 Å². The van der Waals surface area contributed by atoms with Gasteiger partial charge in [-0.1, -0.05) is 13.8 Å². The number of hydrogen-bond donors (Lipinski definition) is 1. The second-order valence-corrected chi connectivity index (χ2v) is 4.16.